The maximum atomic E-state index is 12.1. The Morgan fingerprint density at radius 3 is 2.29 bits per heavy atom. The number of anilines is 1. The fraction of sp³-hybridized carbons (Fsp3) is 0.176. The van der Waals surface area contributed by atoms with E-state index >= 15 is 0 Å². The molecule has 0 radical (unpaired) electrons. The molecular formula is C17H15N3O. The van der Waals surface area contributed by atoms with Crippen LogP contribution >= 0.6 is 0 Å². The highest BCUT2D eigenvalue weighted by atomic mass is 16.1. The van der Waals surface area contributed by atoms with Crippen molar-refractivity contribution in [2.24, 2.45) is 5.73 Å². The number of amides is 1. The molecule has 1 aliphatic carbocycles. The predicted molar refractivity (Wildman–Crippen MR) is 80.9 cm³/mol. The van der Waals surface area contributed by atoms with Crippen LogP contribution in [0.3, 0.4) is 0 Å². The summed E-state index contributed by atoms with van der Waals surface area (Å²) in [6, 6.07) is 16.7. The van der Waals surface area contributed by atoms with Gasteiger partial charge >= 0.3 is 0 Å². The zero-order valence-corrected chi connectivity index (χ0v) is 11.4. The summed E-state index contributed by atoms with van der Waals surface area (Å²) in [4.78, 5) is 12.1. The second kappa shape index (κ2) is 5.39. The van der Waals surface area contributed by atoms with E-state index < -0.39 is 0 Å². The van der Waals surface area contributed by atoms with Crippen LogP contribution in [-0.2, 0) is 0 Å². The van der Waals surface area contributed by atoms with Crippen LogP contribution in [-0.4, -0.2) is 11.9 Å². The second-order valence-electron chi connectivity index (χ2n) is 5.27. The van der Waals surface area contributed by atoms with Gasteiger partial charge in [0.2, 0.25) is 0 Å². The zero-order chi connectivity index (χ0) is 14.8. The van der Waals surface area contributed by atoms with Crippen LogP contribution in [0.15, 0.2) is 48.5 Å². The molecule has 1 fully saturated rings. The summed E-state index contributed by atoms with van der Waals surface area (Å²) < 4.78 is 0. The SMILES string of the molecule is N#Cc1ccc(C(=O)Nc2ccc([C@@H]3C[C@H]3N)cc2)cc1. The van der Waals surface area contributed by atoms with Gasteiger partial charge in [-0.15, -0.1) is 0 Å². The molecule has 0 unspecified atom stereocenters. The van der Waals surface area contributed by atoms with Gasteiger partial charge in [-0.25, -0.2) is 0 Å². The Hall–Kier alpha value is -2.64. The van der Waals surface area contributed by atoms with E-state index in [4.69, 9.17) is 11.0 Å². The van der Waals surface area contributed by atoms with E-state index in [0.717, 1.165) is 12.1 Å². The van der Waals surface area contributed by atoms with E-state index in [-0.39, 0.29) is 11.9 Å². The van der Waals surface area contributed by atoms with Gasteiger partial charge in [0.1, 0.15) is 0 Å². The van der Waals surface area contributed by atoms with Crippen molar-refractivity contribution in [3.63, 3.8) is 0 Å². The third-order valence-corrected chi connectivity index (χ3v) is 3.71. The predicted octanol–water partition coefficient (Wildman–Crippen LogP) is 2.63. The summed E-state index contributed by atoms with van der Waals surface area (Å²) >= 11 is 0. The van der Waals surface area contributed by atoms with Crippen LogP contribution in [0.2, 0.25) is 0 Å². The average molecular weight is 277 g/mol. The van der Waals surface area contributed by atoms with Gasteiger partial charge < -0.3 is 11.1 Å². The van der Waals surface area contributed by atoms with Crippen molar-refractivity contribution >= 4 is 11.6 Å². The number of nitriles is 1. The second-order valence-corrected chi connectivity index (χ2v) is 5.27. The maximum Gasteiger partial charge on any atom is 0.255 e. The number of carbonyl (C=O) groups is 1. The first-order valence-electron chi connectivity index (χ1n) is 6.84. The van der Waals surface area contributed by atoms with Gasteiger partial charge in [0.25, 0.3) is 5.91 Å². The van der Waals surface area contributed by atoms with Gasteiger partial charge in [0.05, 0.1) is 11.6 Å². The lowest BCUT2D eigenvalue weighted by atomic mass is 10.1. The molecule has 3 N–H and O–H groups in total. The normalized spacial score (nSPS) is 19.6. The minimum absolute atomic E-state index is 0.185. The lowest BCUT2D eigenvalue weighted by Crippen LogP contribution is -2.11. The van der Waals surface area contributed by atoms with E-state index in [2.05, 4.69) is 5.32 Å². The molecule has 104 valence electrons. The van der Waals surface area contributed by atoms with Crippen LogP contribution in [0.5, 0.6) is 0 Å². The number of rotatable bonds is 3. The van der Waals surface area contributed by atoms with E-state index in [1.54, 1.807) is 24.3 Å². The summed E-state index contributed by atoms with van der Waals surface area (Å²) in [5.74, 6) is 0.281. The molecule has 0 aliphatic heterocycles. The van der Waals surface area contributed by atoms with Crippen LogP contribution in [0.4, 0.5) is 5.69 Å². The van der Waals surface area contributed by atoms with E-state index in [9.17, 15) is 4.79 Å². The van der Waals surface area contributed by atoms with Crippen LogP contribution < -0.4 is 11.1 Å². The highest BCUT2D eigenvalue weighted by molar-refractivity contribution is 6.04. The molecule has 0 spiro atoms. The van der Waals surface area contributed by atoms with Gasteiger partial charge in [0, 0.05) is 23.2 Å². The molecule has 0 aromatic heterocycles. The quantitative estimate of drug-likeness (QED) is 0.905. The largest absolute Gasteiger partial charge is 0.327 e. The fourth-order valence-corrected chi connectivity index (χ4v) is 2.31. The number of benzene rings is 2. The number of nitrogens with one attached hydrogen (secondary N) is 1. The molecule has 0 heterocycles. The van der Waals surface area contributed by atoms with Crippen molar-refractivity contribution < 1.29 is 4.79 Å². The molecule has 4 heteroatoms. The van der Waals surface area contributed by atoms with Gasteiger partial charge in [-0.2, -0.15) is 5.26 Å². The summed E-state index contributed by atoms with van der Waals surface area (Å²) in [5.41, 5.74) is 8.87. The molecule has 1 saturated carbocycles. The number of hydrogen-bond acceptors (Lipinski definition) is 3. The van der Waals surface area contributed by atoms with E-state index in [1.165, 1.54) is 5.56 Å². The minimum Gasteiger partial charge on any atom is -0.327 e. The molecular weight excluding hydrogens is 262 g/mol. The lowest BCUT2D eigenvalue weighted by molar-refractivity contribution is 0.102. The smallest absolute Gasteiger partial charge is 0.255 e. The minimum atomic E-state index is -0.185. The maximum absolute atomic E-state index is 12.1. The van der Waals surface area contributed by atoms with E-state index in [1.807, 2.05) is 30.3 Å². The molecule has 2 atom stereocenters. The Bertz CT molecular complexity index is 698. The summed E-state index contributed by atoms with van der Waals surface area (Å²) in [6.07, 6.45) is 1.04. The molecule has 21 heavy (non-hydrogen) atoms. The zero-order valence-electron chi connectivity index (χ0n) is 11.4. The summed E-state index contributed by atoms with van der Waals surface area (Å²) in [5, 5.41) is 11.6. The monoisotopic (exact) mass is 277 g/mol. The molecule has 3 rings (SSSR count). The Morgan fingerprint density at radius 1 is 1.14 bits per heavy atom. The Morgan fingerprint density at radius 2 is 1.76 bits per heavy atom. The first-order valence-corrected chi connectivity index (χ1v) is 6.84. The molecule has 4 nitrogen and oxygen atoms in total. The number of hydrogen-bond donors (Lipinski definition) is 2. The topological polar surface area (TPSA) is 78.9 Å². The van der Waals surface area contributed by atoms with Gasteiger partial charge in [-0.1, -0.05) is 12.1 Å². The first kappa shape index (κ1) is 13.3. The van der Waals surface area contributed by atoms with Crippen molar-refractivity contribution in [3.8, 4) is 6.07 Å². The van der Waals surface area contributed by atoms with Crippen molar-refractivity contribution in [1.82, 2.24) is 0 Å². The van der Waals surface area contributed by atoms with Crippen LogP contribution in [0.1, 0.15) is 33.8 Å². The van der Waals surface area contributed by atoms with Crippen molar-refractivity contribution in [2.45, 2.75) is 18.4 Å². The third-order valence-electron chi connectivity index (χ3n) is 3.71. The highest BCUT2D eigenvalue weighted by Gasteiger charge is 2.34. The first-order chi connectivity index (χ1) is 10.2. The molecule has 1 amide bonds. The van der Waals surface area contributed by atoms with Crippen LogP contribution in [0.25, 0.3) is 0 Å². The van der Waals surface area contributed by atoms with E-state index in [0.29, 0.717) is 17.0 Å². The number of nitrogens with zero attached hydrogens (tertiary/aromatic N) is 1. The Labute approximate surface area is 123 Å². The van der Waals surface area contributed by atoms with Crippen molar-refractivity contribution in [3.05, 3.63) is 65.2 Å². The Kier molecular flexibility index (Phi) is 3.43. The standard InChI is InChI=1S/C17H15N3O/c18-10-11-1-3-13(4-2-11)17(21)20-14-7-5-12(6-8-14)15-9-16(15)19/h1-8,15-16H,9,19H2,(H,20,21)/t15-,16+/m0/s1. The molecule has 1 aliphatic rings. The summed E-state index contributed by atoms with van der Waals surface area (Å²) in [6.45, 7) is 0. The molecule has 0 saturated heterocycles. The average Bonchev–Trinajstić information content (AvgIpc) is 3.25. The highest BCUT2D eigenvalue weighted by Crippen LogP contribution is 2.39. The van der Waals surface area contributed by atoms with Gasteiger partial charge in [0.15, 0.2) is 0 Å². The Balaban J connectivity index is 1.67. The van der Waals surface area contributed by atoms with Gasteiger partial charge in [-0.05, 0) is 48.4 Å². The number of nitrogens with two attached hydrogens (primary N) is 1. The van der Waals surface area contributed by atoms with Crippen LogP contribution in [0, 0.1) is 11.3 Å². The van der Waals surface area contributed by atoms with Gasteiger partial charge in [-0.3, -0.25) is 4.79 Å². The fourth-order valence-electron chi connectivity index (χ4n) is 2.31. The third kappa shape index (κ3) is 2.93. The molecule has 2 aromatic rings. The van der Waals surface area contributed by atoms with Crippen molar-refractivity contribution in [2.75, 3.05) is 5.32 Å². The number of carbonyl (C=O) groups excluding carboxylic acids is 1. The lowest BCUT2D eigenvalue weighted by Gasteiger charge is -2.06. The van der Waals surface area contributed by atoms with Crippen molar-refractivity contribution in [1.29, 1.82) is 5.26 Å². The molecule has 2 aromatic carbocycles. The summed E-state index contributed by atoms with van der Waals surface area (Å²) in [7, 11) is 0. The molecule has 0 bridgehead atoms.